The molecule has 0 saturated heterocycles. The van der Waals surface area contributed by atoms with E-state index in [0.29, 0.717) is 0 Å². The number of thiazole rings is 1. The van der Waals surface area contributed by atoms with Crippen LogP contribution in [-0.2, 0) is 26.3 Å². The van der Waals surface area contributed by atoms with Crippen LogP contribution in [0.4, 0.5) is 0 Å². The van der Waals surface area contributed by atoms with Gasteiger partial charge in [0.2, 0.25) is 0 Å². The molecule has 0 radical (unpaired) electrons. The lowest BCUT2D eigenvalue weighted by Crippen LogP contribution is -2.26. The molecule has 4 nitrogen and oxygen atoms in total. The summed E-state index contributed by atoms with van der Waals surface area (Å²) in [5.41, 5.74) is 9.21. The number of halogens is 1. The molecular formula is C13H19ClN4S. The topological polar surface area (TPSA) is 56.7 Å². The molecule has 1 unspecified atom stereocenters. The van der Waals surface area contributed by atoms with E-state index in [1.165, 1.54) is 0 Å². The summed E-state index contributed by atoms with van der Waals surface area (Å²) in [4.78, 5) is 4.44. The fraction of sp³-hybridized carbons (Fsp3) is 0.538. The molecule has 19 heavy (non-hydrogen) atoms. The van der Waals surface area contributed by atoms with Gasteiger partial charge in [-0.25, -0.2) is 4.98 Å². The second-order valence-electron chi connectivity index (χ2n) is 4.74. The van der Waals surface area contributed by atoms with Gasteiger partial charge in [-0.3, -0.25) is 4.68 Å². The lowest BCUT2D eigenvalue weighted by molar-refractivity contribution is 0.610. The van der Waals surface area contributed by atoms with Crippen LogP contribution in [0.1, 0.15) is 29.0 Å². The van der Waals surface area contributed by atoms with Gasteiger partial charge in [0.1, 0.15) is 0 Å². The van der Waals surface area contributed by atoms with E-state index in [9.17, 15) is 0 Å². The molecule has 0 saturated carbocycles. The van der Waals surface area contributed by atoms with Gasteiger partial charge < -0.3 is 5.73 Å². The smallest absolute Gasteiger partial charge is 0.0943 e. The molecule has 0 aliphatic rings. The zero-order valence-corrected chi connectivity index (χ0v) is 13.1. The second kappa shape index (κ2) is 6.03. The molecule has 104 valence electrons. The molecule has 0 bridgehead atoms. The average molecular weight is 299 g/mol. The van der Waals surface area contributed by atoms with Crippen LogP contribution in [0.5, 0.6) is 0 Å². The maximum atomic E-state index is 6.33. The zero-order valence-electron chi connectivity index (χ0n) is 11.5. The van der Waals surface area contributed by atoms with E-state index in [2.05, 4.69) is 17.0 Å². The first-order valence-corrected chi connectivity index (χ1v) is 7.63. The third-order valence-corrected chi connectivity index (χ3v) is 4.49. The summed E-state index contributed by atoms with van der Waals surface area (Å²) >= 11 is 7.99. The molecule has 2 aromatic heterocycles. The van der Waals surface area contributed by atoms with Gasteiger partial charge in [-0.1, -0.05) is 18.5 Å². The third-order valence-electron chi connectivity index (χ3n) is 3.06. The van der Waals surface area contributed by atoms with Crippen molar-refractivity contribution in [1.29, 1.82) is 0 Å². The zero-order chi connectivity index (χ0) is 14.0. The van der Waals surface area contributed by atoms with Gasteiger partial charge in [0.15, 0.2) is 0 Å². The van der Waals surface area contributed by atoms with Crippen LogP contribution in [0.2, 0.25) is 5.02 Å². The van der Waals surface area contributed by atoms with E-state index in [0.717, 1.165) is 46.4 Å². The van der Waals surface area contributed by atoms with Crippen LogP contribution in [0, 0.1) is 6.92 Å². The van der Waals surface area contributed by atoms with Crippen molar-refractivity contribution < 1.29 is 0 Å². The van der Waals surface area contributed by atoms with Crippen molar-refractivity contribution in [2.75, 3.05) is 0 Å². The number of hydrogen-bond donors (Lipinski definition) is 1. The van der Waals surface area contributed by atoms with Gasteiger partial charge in [0.25, 0.3) is 0 Å². The molecule has 2 aromatic rings. The van der Waals surface area contributed by atoms with E-state index in [1.807, 2.05) is 24.0 Å². The highest BCUT2D eigenvalue weighted by molar-refractivity contribution is 7.09. The quantitative estimate of drug-likeness (QED) is 0.923. The summed E-state index contributed by atoms with van der Waals surface area (Å²) in [6.45, 7) is 4.05. The van der Waals surface area contributed by atoms with Crippen molar-refractivity contribution in [3.63, 3.8) is 0 Å². The Morgan fingerprint density at radius 2 is 2.21 bits per heavy atom. The first kappa shape index (κ1) is 14.5. The van der Waals surface area contributed by atoms with Crippen molar-refractivity contribution in [3.05, 3.63) is 32.5 Å². The van der Waals surface area contributed by atoms with Crippen molar-refractivity contribution in [1.82, 2.24) is 14.8 Å². The highest BCUT2D eigenvalue weighted by Crippen LogP contribution is 2.22. The number of hydrogen-bond acceptors (Lipinski definition) is 4. The molecule has 0 fully saturated rings. The van der Waals surface area contributed by atoms with Crippen LogP contribution < -0.4 is 5.73 Å². The van der Waals surface area contributed by atoms with Crippen molar-refractivity contribution in [2.45, 2.75) is 39.2 Å². The number of aryl methyl sites for hydroxylation is 3. The molecule has 0 aliphatic heterocycles. The van der Waals surface area contributed by atoms with Gasteiger partial charge in [-0.15, -0.1) is 11.3 Å². The van der Waals surface area contributed by atoms with E-state index in [-0.39, 0.29) is 6.04 Å². The summed E-state index contributed by atoms with van der Waals surface area (Å²) in [5.74, 6) is 0. The monoisotopic (exact) mass is 298 g/mol. The summed E-state index contributed by atoms with van der Waals surface area (Å²) in [6, 6.07) is 0.0168. The Balaban J connectivity index is 2.06. The maximum absolute atomic E-state index is 6.33. The minimum atomic E-state index is 0.0168. The Morgan fingerprint density at radius 1 is 1.47 bits per heavy atom. The number of nitrogens with zero attached hydrogens (tertiary/aromatic N) is 3. The number of nitrogens with two attached hydrogens (primary N) is 1. The number of aromatic nitrogens is 3. The summed E-state index contributed by atoms with van der Waals surface area (Å²) < 4.78 is 1.84. The highest BCUT2D eigenvalue weighted by Gasteiger charge is 2.16. The maximum Gasteiger partial charge on any atom is 0.0943 e. The molecule has 0 aliphatic carbocycles. The Hall–Kier alpha value is -0.910. The Bertz CT molecular complexity index is 561. The molecule has 0 amide bonds. The highest BCUT2D eigenvalue weighted by atomic mass is 35.5. The first-order valence-electron chi connectivity index (χ1n) is 6.38. The summed E-state index contributed by atoms with van der Waals surface area (Å²) in [5, 5.41) is 8.30. The lowest BCUT2D eigenvalue weighted by Gasteiger charge is -2.10. The predicted octanol–water partition coefficient (Wildman–Crippen LogP) is 2.51. The molecule has 2 heterocycles. The van der Waals surface area contributed by atoms with Crippen LogP contribution in [0.3, 0.4) is 0 Å². The molecule has 1 atom stereocenters. The summed E-state index contributed by atoms with van der Waals surface area (Å²) in [7, 11) is 1.92. The van der Waals surface area contributed by atoms with Gasteiger partial charge >= 0.3 is 0 Å². The Labute approximate surface area is 122 Å². The molecule has 6 heteroatoms. The minimum absolute atomic E-state index is 0.0168. The van der Waals surface area contributed by atoms with Crippen molar-refractivity contribution in [2.24, 2.45) is 12.8 Å². The molecular weight excluding hydrogens is 280 g/mol. The average Bonchev–Trinajstić information content (AvgIpc) is 2.87. The lowest BCUT2D eigenvalue weighted by atomic mass is 10.1. The largest absolute Gasteiger partial charge is 0.327 e. The predicted molar refractivity (Wildman–Crippen MR) is 79.8 cm³/mol. The number of rotatable bonds is 5. The van der Waals surface area contributed by atoms with Crippen LogP contribution in [0.25, 0.3) is 0 Å². The SMILES string of the molecule is CCc1nn(C)c(CC(N)Cc2nc(C)cs2)c1Cl. The van der Waals surface area contributed by atoms with E-state index >= 15 is 0 Å². The Kier molecular flexibility index (Phi) is 4.60. The van der Waals surface area contributed by atoms with Crippen LogP contribution in [0.15, 0.2) is 5.38 Å². The molecule has 0 aromatic carbocycles. The normalized spacial score (nSPS) is 12.9. The van der Waals surface area contributed by atoms with E-state index < -0.39 is 0 Å². The fourth-order valence-corrected chi connectivity index (χ4v) is 3.32. The third kappa shape index (κ3) is 3.35. The minimum Gasteiger partial charge on any atom is -0.327 e. The Morgan fingerprint density at radius 3 is 2.74 bits per heavy atom. The second-order valence-corrected chi connectivity index (χ2v) is 6.06. The van der Waals surface area contributed by atoms with Crippen molar-refractivity contribution in [3.8, 4) is 0 Å². The van der Waals surface area contributed by atoms with Crippen molar-refractivity contribution >= 4 is 22.9 Å². The van der Waals surface area contributed by atoms with Crippen LogP contribution >= 0.6 is 22.9 Å². The van der Waals surface area contributed by atoms with Gasteiger partial charge in [-0.05, 0) is 13.3 Å². The van der Waals surface area contributed by atoms with E-state index in [1.54, 1.807) is 11.3 Å². The van der Waals surface area contributed by atoms with Gasteiger partial charge in [-0.2, -0.15) is 5.10 Å². The summed E-state index contributed by atoms with van der Waals surface area (Å²) in [6.07, 6.45) is 2.34. The standard InChI is InChI=1S/C13H19ClN4S/c1-4-10-13(14)11(18(3)17-10)5-9(15)6-12-16-8(2)7-19-12/h7,9H,4-6,15H2,1-3H3. The molecule has 0 spiro atoms. The fourth-order valence-electron chi connectivity index (χ4n) is 2.08. The van der Waals surface area contributed by atoms with E-state index in [4.69, 9.17) is 17.3 Å². The molecule has 2 N–H and O–H groups in total. The van der Waals surface area contributed by atoms with Gasteiger partial charge in [0.05, 0.1) is 21.4 Å². The molecule has 2 rings (SSSR count). The first-order chi connectivity index (χ1) is 9.01. The van der Waals surface area contributed by atoms with Gasteiger partial charge in [0, 0.05) is 37.0 Å². The van der Waals surface area contributed by atoms with Crippen LogP contribution in [-0.4, -0.2) is 20.8 Å².